The van der Waals surface area contributed by atoms with E-state index in [4.69, 9.17) is 13.8 Å². The molecule has 0 saturated heterocycles. The molecule has 12 nitrogen and oxygen atoms in total. The van der Waals surface area contributed by atoms with E-state index < -0.39 is 37.8 Å². The predicted molar refractivity (Wildman–Crippen MR) is 159 cm³/mol. The lowest BCUT2D eigenvalue weighted by Crippen LogP contribution is -2.59. The number of hydrogen-bond donors (Lipinski definition) is 5. The smallest absolute Gasteiger partial charge is 0.407 e. The van der Waals surface area contributed by atoms with Crippen molar-refractivity contribution in [3.63, 3.8) is 0 Å². The highest BCUT2D eigenvalue weighted by Gasteiger charge is 2.63. The third-order valence-corrected chi connectivity index (χ3v) is 13.2. The van der Waals surface area contributed by atoms with Gasteiger partial charge in [0, 0.05) is 25.4 Å². The molecule has 14 heteroatoms. The number of aliphatic hydroxyl groups is 1. The Hall–Kier alpha value is -1.48. The largest absolute Gasteiger partial charge is 0.446 e. The van der Waals surface area contributed by atoms with E-state index in [-0.39, 0.29) is 66.2 Å². The monoisotopic (exact) mass is 650 g/mol. The third kappa shape index (κ3) is 8.03. The number of aliphatic hydroxyl groups excluding tert-OH is 1. The van der Waals surface area contributed by atoms with Crippen molar-refractivity contribution >= 4 is 32.2 Å². The van der Waals surface area contributed by atoms with E-state index in [0.29, 0.717) is 37.0 Å². The highest BCUT2D eigenvalue weighted by atomic mass is 32.2. The highest BCUT2D eigenvalue weighted by molar-refractivity contribution is 7.86. The first-order valence-electron chi connectivity index (χ1n) is 15.7. The number of alkyl carbamates (subject to hydrolysis) is 1. The number of nitrogens with one attached hydrogen (secondary N) is 2. The molecule has 0 aliphatic heterocycles. The summed E-state index contributed by atoms with van der Waals surface area (Å²) >= 11 is 0. The molecule has 0 heterocycles. The van der Waals surface area contributed by atoms with Crippen LogP contribution in [-0.2, 0) is 29.8 Å². The van der Waals surface area contributed by atoms with Crippen molar-refractivity contribution in [2.24, 2.45) is 46.3 Å². The molecule has 43 heavy (non-hydrogen) atoms. The Morgan fingerprint density at radius 2 is 1.49 bits per heavy atom. The minimum Gasteiger partial charge on any atom is -0.446 e. The van der Waals surface area contributed by atoms with Crippen molar-refractivity contribution in [3.8, 4) is 0 Å². The summed E-state index contributed by atoms with van der Waals surface area (Å²) in [5.41, 5.74) is 0.0266. The summed E-state index contributed by atoms with van der Waals surface area (Å²) in [5.74, 6) is 0.252. The van der Waals surface area contributed by atoms with Gasteiger partial charge in [0.1, 0.15) is 6.10 Å². The van der Waals surface area contributed by atoms with Crippen molar-refractivity contribution < 1.29 is 45.4 Å². The first-order valence-corrected chi connectivity index (χ1v) is 18.9. The van der Waals surface area contributed by atoms with Crippen LogP contribution in [0.25, 0.3) is 0 Å². The van der Waals surface area contributed by atoms with Crippen molar-refractivity contribution in [2.75, 3.05) is 24.6 Å². The number of carbonyl (C=O) groups is 2. The number of carbonyl (C=O) groups excluding carboxylic acids is 2. The van der Waals surface area contributed by atoms with Gasteiger partial charge in [0.25, 0.3) is 20.2 Å². The van der Waals surface area contributed by atoms with Gasteiger partial charge in [0.2, 0.25) is 5.91 Å². The fourth-order valence-corrected chi connectivity index (χ4v) is 10.4. The number of ether oxygens (including phenoxy) is 1. The fourth-order valence-electron chi connectivity index (χ4n) is 9.70. The van der Waals surface area contributed by atoms with Gasteiger partial charge in [-0.15, -0.1) is 0 Å². The van der Waals surface area contributed by atoms with Gasteiger partial charge < -0.3 is 20.5 Å². The Bertz CT molecular complexity index is 1240. The van der Waals surface area contributed by atoms with Crippen LogP contribution in [0, 0.1) is 46.3 Å². The van der Waals surface area contributed by atoms with Crippen LogP contribution < -0.4 is 10.6 Å². The molecule has 0 radical (unpaired) electrons. The van der Waals surface area contributed by atoms with E-state index in [1.165, 1.54) is 0 Å². The summed E-state index contributed by atoms with van der Waals surface area (Å²) in [5, 5.41) is 15.6. The summed E-state index contributed by atoms with van der Waals surface area (Å²) < 4.78 is 68.1. The normalized spacial score (nSPS) is 38.2. The van der Waals surface area contributed by atoms with Crippen LogP contribution in [0.3, 0.4) is 0 Å². The van der Waals surface area contributed by atoms with Crippen LogP contribution >= 0.6 is 0 Å². The van der Waals surface area contributed by atoms with Gasteiger partial charge in [-0.05, 0) is 98.2 Å². The van der Waals surface area contributed by atoms with E-state index in [1.54, 1.807) is 0 Å². The zero-order chi connectivity index (χ0) is 31.8. The maximum absolute atomic E-state index is 12.9. The Morgan fingerprint density at radius 1 is 0.884 bits per heavy atom. The number of hydrogen-bond acceptors (Lipinski definition) is 8. The van der Waals surface area contributed by atoms with Gasteiger partial charge in [-0.2, -0.15) is 16.8 Å². The SMILES string of the molecule is C[C@H](CCC(=O)NCCS(=O)(=O)O)[C@H]1CC[C@H]2[C@@H]3[C@@H](OC(=O)NCCS(=O)(=O)O)C[C@H]4C[C@H](O)CC[C@]4(C)[C@H]3CC[C@]12C. The molecule has 4 aliphatic carbocycles. The second kappa shape index (κ2) is 13.1. The second-order valence-electron chi connectivity index (χ2n) is 14.2. The molecule has 248 valence electrons. The average molecular weight is 651 g/mol. The highest BCUT2D eigenvalue weighted by Crippen LogP contribution is 2.68. The van der Waals surface area contributed by atoms with Crippen molar-refractivity contribution in [3.05, 3.63) is 0 Å². The molecule has 0 spiro atoms. The molecule has 0 aromatic carbocycles. The van der Waals surface area contributed by atoms with Crippen LogP contribution in [0.1, 0.15) is 85.0 Å². The predicted octanol–water partition coefficient (Wildman–Crippen LogP) is 3.02. The van der Waals surface area contributed by atoms with Crippen LogP contribution in [0.5, 0.6) is 0 Å². The summed E-state index contributed by atoms with van der Waals surface area (Å²) in [6, 6.07) is 0. The standard InChI is InChI=1S/C29H50N2O10S2/c1-18(4-7-25(33)30-12-14-42(35,36)37)21-5-6-22-26-23(9-11-29(21,22)3)28(2)10-8-20(32)16-19(28)17-24(26)41-27(34)31-13-15-43(38,39)40/h18-24,26,32H,4-17H2,1-3H3,(H,30,33)(H,31,34)(H,35,36,37)(H,38,39,40)/t18-,19-,20-,21-,22+,23+,24+,26+,28+,29-/m1/s1. The molecular weight excluding hydrogens is 600 g/mol. The molecular formula is C29H50N2O10S2. The molecule has 4 saturated carbocycles. The van der Waals surface area contributed by atoms with Crippen LogP contribution in [0.2, 0.25) is 0 Å². The lowest BCUT2D eigenvalue weighted by Gasteiger charge is -2.62. The van der Waals surface area contributed by atoms with E-state index in [9.17, 15) is 31.5 Å². The molecule has 4 fully saturated rings. The molecule has 0 unspecified atom stereocenters. The first-order chi connectivity index (χ1) is 19.9. The Morgan fingerprint density at radius 3 is 2.14 bits per heavy atom. The van der Waals surface area contributed by atoms with Gasteiger partial charge >= 0.3 is 6.09 Å². The zero-order valence-electron chi connectivity index (χ0n) is 25.5. The van der Waals surface area contributed by atoms with Crippen molar-refractivity contribution in [1.82, 2.24) is 10.6 Å². The van der Waals surface area contributed by atoms with E-state index in [0.717, 1.165) is 38.5 Å². The summed E-state index contributed by atoms with van der Waals surface area (Å²) in [6.07, 6.45) is 6.55. The van der Waals surface area contributed by atoms with Gasteiger partial charge in [-0.3, -0.25) is 13.9 Å². The third-order valence-electron chi connectivity index (χ3n) is 11.8. The average Bonchev–Trinajstić information content (AvgIpc) is 3.24. The summed E-state index contributed by atoms with van der Waals surface area (Å²) in [7, 11) is -8.34. The lowest BCUT2D eigenvalue weighted by atomic mass is 9.43. The van der Waals surface area contributed by atoms with E-state index in [2.05, 4.69) is 31.4 Å². The molecule has 5 N–H and O–H groups in total. The molecule has 0 bridgehead atoms. The number of fused-ring (bicyclic) bond motifs is 5. The van der Waals surface area contributed by atoms with Crippen LogP contribution in [0.4, 0.5) is 4.79 Å². The maximum Gasteiger partial charge on any atom is 0.407 e. The number of amides is 2. The van der Waals surface area contributed by atoms with Crippen LogP contribution in [0.15, 0.2) is 0 Å². The maximum atomic E-state index is 12.9. The molecule has 0 aromatic rings. The lowest BCUT2D eigenvalue weighted by molar-refractivity contribution is -0.174. The topological polar surface area (TPSA) is 196 Å². The zero-order valence-corrected chi connectivity index (χ0v) is 27.2. The Balaban J connectivity index is 1.47. The fraction of sp³-hybridized carbons (Fsp3) is 0.931. The van der Waals surface area contributed by atoms with Crippen molar-refractivity contribution in [2.45, 2.75) is 97.2 Å². The van der Waals surface area contributed by atoms with E-state index in [1.807, 2.05) is 0 Å². The molecule has 4 rings (SSSR count). The minimum absolute atomic E-state index is 0.0115. The van der Waals surface area contributed by atoms with Crippen molar-refractivity contribution in [1.29, 1.82) is 0 Å². The van der Waals surface area contributed by atoms with E-state index >= 15 is 0 Å². The Labute approximate surface area is 256 Å². The van der Waals surface area contributed by atoms with Gasteiger partial charge in [-0.1, -0.05) is 20.8 Å². The minimum atomic E-state index is -4.21. The molecule has 0 aromatic heterocycles. The quantitative estimate of drug-likeness (QED) is 0.207. The Kier molecular flexibility index (Phi) is 10.5. The number of rotatable bonds is 11. The van der Waals surface area contributed by atoms with Gasteiger partial charge in [-0.25, -0.2) is 4.79 Å². The second-order valence-corrected chi connectivity index (χ2v) is 17.3. The van der Waals surface area contributed by atoms with Crippen LogP contribution in [-0.4, -0.2) is 79.9 Å². The molecule has 4 aliphatic rings. The van der Waals surface area contributed by atoms with Gasteiger partial charge in [0.15, 0.2) is 0 Å². The van der Waals surface area contributed by atoms with Gasteiger partial charge in [0.05, 0.1) is 17.6 Å². The molecule has 2 amide bonds. The summed E-state index contributed by atoms with van der Waals surface area (Å²) in [6.45, 7) is 6.49. The summed E-state index contributed by atoms with van der Waals surface area (Å²) in [4.78, 5) is 25.2. The molecule has 10 atom stereocenters. The first kappa shape index (κ1) is 34.4.